The minimum absolute atomic E-state index is 0.107. The topological polar surface area (TPSA) is 50.4 Å². The monoisotopic (exact) mass is 444 g/mol. The molecule has 0 bridgehead atoms. The molecular formula is C17H15F2IN2O2. The molecular weight excluding hydrogens is 429 g/mol. The first-order valence-corrected chi connectivity index (χ1v) is 8.47. The number of nitrogens with one attached hydrogen (secondary N) is 2. The van der Waals surface area contributed by atoms with Crippen molar-refractivity contribution >= 4 is 39.9 Å². The van der Waals surface area contributed by atoms with Gasteiger partial charge in [-0.2, -0.15) is 0 Å². The lowest BCUT2D eigenvalue weighted by Gasteiger charge is -2.17. The van der Waals surface area contributed by atoms with Crippen molar-refractivity contribution in [3.05, 3.63) is 51.1 Å². The summed E-state index contributed by atoms with van der Waals surface area (Å²) in [6.07, 6.45) is 1.86. The summed E-state index contributed by atoms with van der Waals surface area (Å²) in [4.78, 5) is 12.4. The largest absolute Gasteiger partial charge is 0.492 e. The molecule has 4 nitrogen and oxygen atoms in total. The number of carbonyl (C=O) groups is 1. The van der Waals surface area contributed by atoms with Gasteiger partial charge in [0.15, 0.2) is 11.6 Å². The van der Waals surface area contributed by atoms with E-state index in [-0.39, 0.29) is 34.6 Å². The van der Waals surface area contributed by atoms with Gasteiger partial charge < -0.3 is 15.4 Å². The maximum atomic E-state index is 14.1. The van der Waals surface area contributed by atoms with Gasteiger partial charge in [0.25, 0.3) is 5.91 Å². The number of hydrogen-bond donors (Lipinski definition) is 2. The van der Waals surface area contributed by atoms with Crippen molar-refractivity contribution in [1.82, 2.24) is 5.32 Å². The van der Waals surface area contributed by atoms with Gasteiger partial charge in [0, 0.05) is 9.61 Å². The Kier molecular flexibility index (Phi) is 4.88. The first kappa shape index (κ1) is 16.9. The minimum atomic E-state index is -0.631. The first-order chi connectivity index (χ1) is 11.5. The molecule has 0 heterocycles. The van der Waals surface area contributed by atoms with Crippen LogP contribution < -0.4 is 15.4 Å². The number of halogens is 3. The zero-order chi connectivity index (χ0) is 17.3. The van der Waals surface area contributed by atoms with Gasteiger partial charge in [-0.05, 0) is 65.8 Å². The molecule has 3 rings (SSSR count). The number of carbonyl (C=O) groups excluding carboxylic acids is 1. The van der Waals surface area contributed by atoms with Crippen molar-refractivity contribution in [2.24, 2.45) is 0 Å². The second-order valence-electron chi connectivity index (χ2n) is 5.50. The average molecular weight is 444 g/mol. The van der Waals surface area contributed by atoms with Crippen LogP contribution in [0, 0.1) is 15.2 Å². The maximum Gasteiger partial charge on any atom is 0.253 e. The van der Waals surface area contributed by atoms with Crippen molar-refractivity contribution in [3.8, 4) is 5.75 Å². The van der Waals surface area contributed by atoms with E-state index in [0.717, 1.165) is 22.5 Å². The summed E-state index contributed by atoms with van der Waals surface area (Å²) in [5.41, 5.74) is 0.452. The quantitative estimate of drug-likeness (QED) is 0.680. The molecule has 1 aliphatic rings. The predicted molar refractivity (Wildman–Crippen MR) is 95.8 cm³/mol. The van der Waals surface area contributed by atoms with Gasteiger partial charge in [-0.1, -0.05) is 0 Å². The van der Waals surface area contributed by atoms with Crippen molar-refractivity contribution in [1.29, 1.82) is 0 Å². The van der Waals surface area contributed by atoms with E-state index < -0.39 is 11.6 Å². The molecule has 0 saturated heterocycles. The molecule has 1 saturated carbocycles. The minimum Gasteiger partial charge on any atom is -0.492 e. The van der Waals surface area contributed by atoms with Crippen LogP contribution in [0.25, 0.3) is 0 Å². The highest BCUT2D eigenvalue weighted by Gasteiger charge is 2.27. The molecule has 24 heavy (non-hydrogen) atoms. The molecule has 0 unspecified atom stereocenters. The van der Waals surface area contributed by atoms with Crippen LogP contribution in [0.4, 0.5) is 20.2 Å². The zero-order valence-electron chi connectivity index (χ0n) is 12.8. The van der Waals surface area contributed by atoms with Crippen molar-refractivity contribution in [3.63, 3.8) is 0 Å². The van der Waals surface area contributed by atoms with E-state index >= 15 is 0 Å². The third-order valence-electron chi connectivity index (χ3n) is 3.66. The number of benzene rings is 2. The highest BCUT2D eigenvalue weighted by Crippen LogP contribution is 2.35. The second-order valence-corrected chi connectivity index (χ2v) is 6.75. The summed E-state index contributed by atoms with van der Waals surface area (Å²) in [7, 11) is 1.30. The summed E-state index contributed by atoms with van der Waals surface area (Å²) in [6.45, 7) is 0. The molecule has 0 atom stereocenters. The number of ether oxygens (including phenoxy) is 1. The highest BCUT2D eigenvalue weighted by atomic mass is 127. The number of hydrogen-bond acceptors (Lipinski definition) is 3. The third kappa shape index (κ3) is 3.61. The van der Waals surface area contributed by atoms with Crippen LogP contribution in [0.3, 0.4) is 0 Å². The van der Waals surface area contributed by atoms with Crippen molar-refractivity contribution in [2.45, 2.75) is 18.9 Å². The molecule has 0 spiro atoms. The Morgan fingerprint density at radius 2 is 1.96 bits per heavy atom. The summed E-state index contributed by atoms with van der Waals surface area (Å²) in [6, 6.07) is 7.26. The fourth-order valence-electron chi connectivity index (χ4n) is 2.29. The molecule has 0 aromatic heterocycles. The fraction of sp³-hybridized carbons (Fsp3) is 0.235. The highest BCUT2D eigenvalue weighted by molar-refractivity contribution is 14.1. The molecule has 1 fully saturated rings. The van der Waals surface area contributed by atoms with Gasteiger partial charge >= 0.3 is 0 Å². The molecule has 7 heteroatoms. The Bertz CT molecular complexity index is 794. The number of anilines is 2. The van der Waals surface area contributed by atoms with E-state index in [1.165, 1.54) is 25.3 Å². The Balaban J connectivity index is 2.02. The summed E-state index contributed by atoms with van der Waals surface area (Å²) in [5, 5.41) is 5.64. The smallest absolute Gasteiger partial charge is 0.253 e. The molecule has 126 valence electrons. The fourth-order valence-corrected chi connectivity index (χ4v) is 2.74. The Labute approximate surface area is 151 Å². The third-order valence-corrected chi connectivity index (χ3v) is 4.33. The Morgan fingerprint density at radius 3 is 2.58 bits per heavy atom. The standard InChI is InChI=1S/C17H15F2IN2O2/c1-24-16-12(18)6-5-11(17(23)21-10-3-4-10)15(16)22-14-7-2-9(20)8-13(14)19/h2,5-8,10,22H,3-4H2,1H3,(H,21,23). The van der Waals surface area contributed by atoms with Gasteiger partial charge in [0.05, 0.1) is 24.0 Å². The predicted octanol–water partition coefficient (Wildman–Crippen LogP) is 4.21. The molecule has 0 radical (unpaired) electrons. The van der Waals surface area contributed by atoms with Crippen LogP contribution in [0.1, 0.15) is 23.2 Å². The number of methoxy groups -OCH3 is 1. The zero-order valence-corrected chi connectivity index (χ0v) is 15.0. The summed E-state index contributed by atoms with van der Waals surface area (Å²) < 4.78 is 34.0. The molecule has 1 aliphatic carbocycles. The lowest BCUT2D eigenvalue weighted by atomic mass is 10.1. The first-order valence-electron chi connectivity index (χ1n) is 7.39. The van der Waals surface area contributed by atoms with Crippen LogP contribution in [0.15, 0.2) is 30.3 Å². The van der Waals surface area contributed by atoms with Gasteiger partial charge in [-0.3, -0.25) is 4.79 Å². The maximum absolute atomic E-state index is 14.1. The van der Waals surface area contributed by atoms with Crippen molar-refractivity contribution < 1.29 is 18.3 Å². The lowest BCUT2D eigenvalue weighted by Crippen LogP contribution is -2.26. The Hall–Kier alpha value is -1.90. The molecule has 2 aromatic rings. The van der Waals surface area contributed by atoms with E-state index in [2.05, 4.69) is 10.6 Å². The lowest BCUT2D eigenvalue weighted by molar-refractivity contribution is 0.0951. The van der Waals surface area contributed by atoms with Gasteiger partial charge in [0.1, 0.15) is 5.82 Å². The summed E-state index contributed by atoms with van der Waals surface area (Å²) in [5.74, 6) is -1.60. The molecule has 2 N–H and O–H groups in total. The summed E-state index contributed by atoms with van der Waals surface area (Å²) >= 11 is 1.99. The molecule has 2 aromatic carbocycles. The molecule has 0 aliphatic heterocycles. The number of rotatable bonds is 5. The van der Waals surface area contributed by atoms with Crippen LogP contribution in [-0.2, 0) is 0 Å². The Morgan fingerprint density at radius 1 is 1.21 bits per heavy atom. The van der Waals surface area contributed by atoms with Crippen LogP contribution >= 0.6 is 22.6 Å². The normalized spacial score (nSPS) is 13.5. The molecule has 1 amide bonds. The van der Waals surface area contributed by atoms with Crippen molar-refractivity contribution in [2.75, 3.05) is 12.4 Å². The van der Waals surface area contributed by atoms with E-state index in [1.807, 2.05) is 22.6 Å². The van der Waals surface area contributed by atoms with E-state index in [0.29, 0.717) is 0 Å². The van der Waals surface area contributed by atoms with Crippen LogP contribution in [0.2, 0.25) is 0 Å². The number of amides is 1. The average Bonchev–Trinajstić information content (AvgIpc) is 3.34. The van der Waals surface area contributed by atoms with Gasteiger partial charge in [-0.15, -0.1) is 0 Å². The van der Waals surface area contributed by atoms with E-state index in [1.54, 1.807) is 6.07 Å². The second kappa shape index (κ2) is 6.92. The van der Waals surface area contributed by atoms with Gasteiger partial charge in [0.2, 0.25) is 0 Å². The van der Waals surface area contributed by atoms with E-state index in [9.17, 15) is 13.6 Å². The van der Waals surface area contributed by atoms with Crippen LogP contribution in [-0.4, -0.2) is 19.1 Å². The van der Waals surface area contributed by atoms with E-state index in [4.69, 9.17) is 4.74 Å². The SMILES string of the molecule is COc1c(F)ccc(C(=O)NC2CC2)c1Nc1ccc(I)cc1F. The van der Waals surface area contributed by atoms with Crippen LogP contribution in [0.5, 0.6) is 5.75 Å². The van der Waals surface area contributed by atoms with Gasteiger partial charge in [-0.25, -0.2) is 8.78 Å².